The van der Waals surface area contributed by atoms with Crippen LogP contribution in [0.3, 0.4) is 0 Å². The van der Waals surface area contributed by atoms with E-state index in [1.807, 2.05) is 0 Å². The van der Waals surface area contributed by atoms with E-state index in [-0.39, 0.29) is 6.61 Å². The van der Waals surface area contributed by atoms with Crippen molar-refractivity contribution < 1.29 is 5.11 Å². The average Bonchev–Trinajstić information content (AvgIpc) is 2.31. The lowest BCUT2D eigenvalue weighted by atomic mass is 9.93. The minimum absolute atomic E-state index is 0.273. The molecule has 0 amide bonds. The van der Waals surface area contributed by atoms with Gasteiger partial charge in [-0.15, -0.1) is 0 Å². The largest absolute Gasteiger partial charge is 0.396 e. The minimum Gasteiger partial charge on any atom is -0.396 e. The van der Waals surface area contributed by atoms with Crippen molar-refractivity contribution in [2.75, 3.05) is 6.61 Å². The summed E-state index contributed by atoms with van der Waals surface area (Å²) in [5.74, 6) is 0.331. The van der Waals surface area contributed by atoms with Gasteiger partial charge in [-0.3, -0.25) is 0 Å². The average molecular weight is 220 g/mol. The molecule has 0 saturated carbocycles. The van der Waals surface area contributed by atoms with Crippen molar-refractivity contribution in [3.63, 3.8) is 0 Å². The van der Waals surface area contributed by atoms with Crippen LogP contribution in [0.2, 0.25) is 0 Å². The Kier molecular flexibility index (Phi) is 6.17. The molecular formula is C15H24O. The van der Waals surface area contributed by atoms with E-state index in [9.17, 15) is 5.11 Å². The number of rotatable bonds is 7. The van der Waals surface area contributed by atoms with Crippen molar-refractivity contribution >= 4 is 0 Å². The highest BCUT2D eigenvalue weighted by Gasteiger charge is 2.09. The SMILES string of the molecule is CCCCCCC(CO)c1ccc(C)cc1. The fourth-order valence-corrected chi connectivity index (χ4v) is 2.02. The monoisotopic (exact) mass is 220 g/mol. The Morgan fingerprint density at radius 2 is 1.75 bits per heavy atom. The smallest absolute Gasteiger partial charge is 0.0499 e. The third-order valence-electron chi connectivity index (χ3n) is 3.18. The molecule has 1 rings (SSSR count). The molecule has 0 aromatic heterocycles. The number of hydrogen-bond acceptors (Lipinski definition) is 1. The Hall–Kier alpha value is -0.820. The van der Waals surface area contributed by atoms with Gasteiger partial charge < -0.3 is 5.11 Å². The summed E-state index contributed by atoms with van der Waals surface area (Å²) in [7, 11) is 0. The van der Waals surface area contributed by atoms with E-state index in [2.05, 4.69) is 38.1 Å². The topological polar surface area (TPSA) is 20.2 Å². The predicted molar refractivity (Wildman–Crippen MR) is 69.8 cm³/mol. The van der Waals surface area contributed by atoms with Crippen molar-refractivity contribution in [3.05, 3.63) is 35.4 Å². The molecule has 0 radical (unpaired) electrons. The van der Waals surface area contributed by atoms with Crippen LogP contribution in [0.4, 0.5) is 0 Å². The first-order valence-electron chi connectivity index (χ1n) is 6.45. The summed E-state index contributed by atoms with van der Waals surface area (Å²) in [6, 6.07) is 8.56. The highest BCUT2D eigenvalue weighted by molar-refractivity contribution is 5.24. The second-order valence-electron chi connectivity index (χ2n) is 4.64. The van der Waals surface area contributed by atoms with E-state index in [4.69, 9.17) is 0 Å². The summed E-state index contributed by atoms with van der Waals surface area (Å²) in [5.41, 5.74) is 2.57. The molecule has 0 saturated heterocycles. The van der Waals surface area contributed by atoms with Crippen LogP contribution >= 0.6 is 0 Å². The molecule has 1 N–H and O–H groups in total. The number of benzene rings is 1. The van der Waals surface area contributed by atoms with Crippen molar-refractivity contribution in [2.45, 2.75) is 51.9 Å². The van der Waals surface area contributed by atoms with Gasteiger partial charge in [0.2, 0.25) is 0 Å². The Morgan fingerprint density at radius 1 is 1.06 bits per heavy atom. The van der Waals surface area contributed by atoms with Gasteiger partial charge in [0.1, 0.15) is 0 Å². The van der Waals surface area contributed by atoms with Gasteiger partial charge in [0, 0.05) is 12.5 Å². The summed E-state index contributed by atoms with van der Waals surface area (Å²) in [6.45, 7) is 4.59. The highest BCUT2D eigenvalue weighted by atomic mass is 16.3. The Labute approximate surface area is 99.5 Å². The molecule has 1 unspecified atom stereocenters. The second kappa shape index (κ2) is 7.45. The number of aliphatic hydroxyl groups is 1. The summed E-state index contributed by atoms with van der Waals surface area (Å²) < 4.78 is 0. The fourth-order valence-electron chi connectivity index (χ4n) is 2.02. The maximum absolute atomic E-state index is 9.41. The molecule has 1 aromatic rings. The first kappa shape index (κ1) is 13.2. The van der Waals surface area contributed by atoms with Crippen LogP contribution in [0.5, 0.6) is 0 Å². The summed E-state index contributed by atoms with van der Waals surface area (Å²) in [6.07, 6.45) is 6.21. The third kappa shape index (κ3) is 4.36. The summed E-state index contributed by atoms with van der Waals surface area (Å²) in [4.78, 5) is 0. The standard InChI is InChI=1S/C15H24O/c1-3-4-5-6-7-15(12-16)14-10-8-13(2)9-11-14/h8-11,15-16H,3-7,12H2,1-2H3. The quantitative estimate of drug-likeness (QED) is 0.687. The molecule has 1 atom stereocenters. The van der Waals surface area contributed by atoms with E-state index in [1.165, 1.54) is 36.8 Å². The van der Waals surface area contributed by atoms with Crippen LogP contribution in [0, 0.1) is 6.92 Å². The first-order valence-corrected chi connectivity index (χ1v) is 6.45. The Morgan fingerprint density at radius 3 is 2.31 bits per heavy atom. The summed E-state index contributed by atoms with van der Waals surface area (Å²) in [5, 5.41) is 9.41. The molecule has 0 aliphatic heterocycles. The predicted octanol–water partition coefficient (Wildman–Crippen LogP) is 4.04. The van der Waals surface area contributed by atoms with Crippen LogP contribution < -0.4 is 0 Å². The van der Waals surface area contributed by atoms with Gasteiger partial charge >= 0.3 is 0 Å². The van der Waals surface area contributed by atoms with Gasteiger partial charge in [-0.25, -0.2) is 0 Å². The molecule has 0 aliphatic rings. The highest BCUT2D eigenvalue weighted by Crippen LogP contribution is 2.22. The molecule has 0 heterocycles. The maximum atomic E-state index is 9.41. The molecule has 0 spiro atoms. The number of hydrogen-bond donors (Lipinski definition) is 1. The zero-order chi connectivity index (χ0) is 11.8. The fraction of sp³-hybridized carbons (Fsp3) is 0.600. The normalized spacial score (nSPS) is 12.7. The molecule has 0 fully saturated rings. The van der Waals surface area contributed by atoms with E-state index >= 15 is 0 Å². The molecule has 16 heavy (non-hydrogen) atoms. The van der Waals surface area contributed by atoms with Gasteiger partial charge in [0.05, 0.1) is 0 Å². The van der Waals surface area contributed by atoms with Crippen LogP contribution in [0.15, 0.2) is 24.3 Å². The molecule has 1 heteroatoms. The van der Waals surface area contributed by atoms with E-state index in [0.717, 1.165) is 6.42 Å². The van der Waals surface area contributed by atoms with Gasteiger partial charge in [-0.05, 0) is 18.9 Å². The molecular weight excluding hydrogens is 196 g/mol. The molecule has 0 aliphatic carbocycles. The molecule has 1 nitrogen and oxygen atoms in total. The zero-order valence-electron chi connectivity index (χ0n) is 10.6. The summed E-state index contributed by atoms with van der Waals surface area (Å²) >= 11 is 0. The van der Waals surface area contributed by atoms with E-state index in [0.29, 0.717) is 5.92 Å². The Bertz CT molecular complexity index is 276. The second-order valence-corrected chi connectivity index (χ2v) is 4.64. The lowest BCUT2D eigenvalue weighted by Gasteiger charge is -2.14. The van der Waals surface area contributed by atoms with E-state index < -0.39 is 0 Å². The van der Waals surface area contributed by atoms with Crippen molar-refractivity contribution in [2.24, 2.45) is 0 Å². The van der Waals surface area contributed by atoms with Crippen molar-refractivity contribution in [1.82, 2.24) is 0 Å². The zero-order valence-corrected chi connectivity index (χ0v) is 10.6. The van der Waals surface area contributed by atoms with Gasteiger partial charge in [-0.1, -0.05) is 62.4 Å². The number of aliphatic hydroxyl groups excluding tert-OH is 1. The van der Waals surface area contributed by atoms with Crippen LogP contribution in [-0.4, -0.2) is 11.7 Å². The van der Waals surface area contributed by atoms with Crippen LogP contribution in [-0.2, 0) is 0 Å². The van der Waals surface area contributed by atoms with Crippen LogP contribution in [0.25, 0.3) is 0 Å². The first-order chi connectivity index (χ1) is 7.77. The minimum atomic E-state index is 0.273. The third-order valence-corrected chi connectivity index (χ3v) is 3.18. The van der Waals surface area contributed by atoms with E-state index in [1.54, 1.807) is 0 Å². The molecule has 90 valence electrons. The van der Waals surface area contributed by atoms with Gasteiger partial charge in [-0.2, -0.15) is 0 Å². The molecule has 1 aromatic carbocycles. The Balaban J connectivity index is 2.44. The van der Waals surface area contributed by atoms with Crippen molar-refractivity contribution in [3.8, 4) is 0 Å². The lowest BCUT2D eigenvalue weighted by molar-refractivity contribution is 0.256. The van der Waals surface area contributed by atoms with Crippen LogP contribution in [0.1, 0.15) is 56.1 Å². The van der Waals surface area contributed by atoms with Gasteiger partial charge in [0.15, 0.2) is 0 Å². The number of unbranched alkanes of at least 4 members (excludes halogenated alkanes) is 3. The lowest BCUT2D eigenvalue weighted by Crippen LogP contribution is -2.04. The molecule has 0 bridgehead atoms. The van der Waals surface area contributed by atoms with Gasteiger partial charge in [0.25, 0.3) is 0 Å². The van der Waals surface area contributed by atoms with Crippen molar-refractivity contribution in [1.29, 1.82) is 0 Å². The number of aryl methyl sites for hydroxylation is 1. The maximum Gasteiger partial charge on any atom is 0.0499 e.